The summed E-state index contributed by atoms with van der Waals surface area (Å²) >= 11 is 0. The third-order valence-electron chi connectivity index (χ3n) is 3.59. The zero-order valence-electron chi connectivity index (χ0n) is 10.4. The minimum absolute atomic E-state index is 0.412. The Morgan fingerprint density at radius 2 is 2.38 bits per heavy atom. The minimum atomic E-state index is 0.412. The molecule has 0 radical (unpaired) electrons. The van der Waals surface area contributed by atoms with E-state index in [0.717, 1.165) is 31.3 Å². The molecule has 1 unspecified atom stereocenters. The van der Waals surface area contributed by atoms with E-state index in [2.05, 4.69) is 18.3 Å². The number of likely N-dealkylation sites (N-methyl/N-ethyl adjacent to an activating group) is 1. The molecule has 1 heterocycles. The van der Waals surface area contributed by atoms with Crippen LogP contribution >= 0.6 is 0 Å². The van der Waals surface area contributed by atoms with E-state index in [1.54, 1.807) is 0 Å². The van der Waals surface area contributed by atoms with Gasteiger partial charge in [0.05, 0.1) is 18.8 Å². The first kappa shape index (κ1) is 11.9. The number of hydrogen-bond donors (Lipinski definition) is 1. The van der Waals surface area contributed by atoms with Crippen LogP contribution in [0.1, 0.15) is 32.6 Å². The highest BCUT2D eigenvalue weighted by Crippen LogP contribution is 2.35. The lowest BCUT2D eigenvalue weighted by Crippen LogP contribution is -2.38. The highest BCUT2D eigenvalue weighted by atomic mass is 16.5. The molecule has 1 N–H and O–H groups in total. The van der Waals surface area contributed by atoms with E-state index in [-0.39, 0.29) is 0 Å². The lowest BCUT2D eigenvalue weighted by atomic mass is 9.78. The molecular formula is C13H23NO2. The van der Waals surface area contributed by atoms with Crippen LogP contribution in [0.4, 0.5) is 0 Å². The third kappa shape index (κ3) is 2.77. The van der Waals surface area contributed by atoms with Gasteiger partial charge in [0.25, 0.3) is 0 Å². The molecule has 2 rings (SSSR count). The van der Waals surface area contributed by atoms with Crippen molar-refractivity contribution in [3.05, 3.63) is 11.8 Å². The molecule has 0 aromatic carbocycles. The molecule has 1 fully saturated rings. The highest BCUT2D eigenvalue weighted by Gasteiger charge is 2.32. The molecule has 16 heavy (non-hydrogen) atoms. The SMILES string of the molecule is CCOC1CC(CC(NC)C2=CCCO2)C1. The van der Waals surface area contributed by atoms with Crippen LogP contribution in [-0.2, 0) is 9.47 Å². The standard InChI is InChI=1S/C13H23NO2/c1-3-15-11-7-10(8-11)9-12(14-2)13-5-4-6-16-13/h5,10-12,14H,3-4,6-9H2,1-2H3. The van der Waals surface area contributed by atoms with Gasteiger partial charge in [0.1, 0.15) is 5.76 Å². The molecule has 92 valence electrons. The van der Waals surface area contributed by atoms with Gasteiger partial charge in [-0.05, 0) is 45.2 Å². The Morgan fingerprint density at radius 3 is 2.94 bits per heavy atom. The lowest BCUT2D eigenvalue weighted by Gasteiger charge is -2.37. The van der Waals surface area contributed by atoms with Gasteiger partial charge in [-0.3, -0.25) is 0 Å². The first-order valence-corrected chi connectivity index (χ1v) is 6.45. The predicted molar refractivity (Wildman–Crippen MR) is 64.3 cm³/mol. The Hall–Kier alpha value is -0.540. The maximum absolute atomic E-state index is 5.62. The van der Waals surface area contributed by atoms with Gasteiger partial charge in [0.2, 0.25) is 0 Å². The average Bonchev–Trinajstić information content (AvgIpc) is 2.74. The average molecular weight is 225 g/mol. The van der Waals surface area contributed by atoms with Crippen molar-refractivity contribution in [1.82, 2.24) is 5.32 Å². The Labute approximate surface area is 98.2 Å². The molecule has 0 amide bonds. The van der Waals surface area contributed by atoms with Crippen LogP contribution in [0.15, 0.2) is 11.8 Å². The molecule has 3 heteroatoms. The molecule has 1 atom stereocenters. The summed E-state index contributed by atoms with van der Waals surface area (Å²) in [6.07, 6.45) is 7.44. The van der Waals surface area contributed by atoms with E-state index in [0.29, 0.717) is 12.1 Å². The van der Waals surface area contributed by atoms with Gasteiger partial charge in [-0.15, -0.1) is 0 Å². The fraction of sp³-hybridized carbons (Fsp3) is 0.846. The Kier molecular flexibility index (Phi) is 4.24. The Balaban J connectivity index is 1.72. The first-order valence-electron chi connectivity index (χ1n) is 6.45. The zero-order chi connectivity index (χ0) is 11.4. The number of ether oxygens (including phenoxy) is 2. The Bertz CT molecular complexity index is 246. The van der Waals surface area contributed by atoms with Crippen LogP contribution in [0.25, 0.3) is 0 Å². The van der Waals surface area contributed by atoms with Crippen molar-refractivity contribution >= 4 is 0 Å². The van der Waals surface area contributed by atoms with Crippen LogP contribution in [0, 0.1) is 5.92 Å². The number of rotatable bonds is 6. The quantitative estimate of drug-likeness (QED) is 0.751. The number of nitrogens with one attached hydrogen (secondary N) is 1. The van der Waals surface area contributed by atoms with Crippen LogP contribution < -0.4 is 5.32 Å². The molecule has 0 aromatic rings. The molecule has 3 nitrogen and oxygen atoms in total. The smallest absolute Gasteiger partial charge is 0.109 e. The van der Waals surface area contributed by atoms with Crippen LogP contribution in [-0.4, -0.2) is 32.4 Å². The van der Waals surface area contributed by atoms with Crippen molar-refractivity contribution in [3.8, 4) is 0 Å². The second-order valence-electron chi connectivity index (χ2n) is 4.74. The van der Waals surface area contributed by atoms with E-state index >= 15 is 0 Å². The van der Waals surface area contributed by atoms with E-state index in [4.69, 9.17) is 9.47 Å². The highest BCUT2D eigenvalue weighted by molar-refractivity contribution is 5.07. The van der Waals surface area contributed by atoms with Crippen LogP contribution in [0.3, 0.4) is 0 Å². The van der Waals surface area contributed by atoms with Gasteiger partial charge >= 0.3 is 0 Å². The monoisotopic (exact) mass is 225 g/mol. The van der Waals surface area contributed by atoms with Crippen LogP contribution in [0.2, 0.25) is 0 Å². The van der Waals surface area contributed by atoms with E-state index in [1.165, 1.54) is 19.3 Å². The lowest BCUT2D eigenvalue weighted by molar-refractivity contribution is -0.0291. The van der Waals surface area contributed by atoms with Gasteiger partial charge in [0.15, 0.2) is 0 Å². The van der Waals surface area contributed by atoms with E-state index in [1.807, 2.05) is 7.05 Å². The number of hydrogen-bond acceptors (Lipinski definition) is 3. The molecule has 0 aromatic heterocycles. The Morgan fingerprint density at radius 1 is 1.56 bits per heavy atom. The van der Waals surface area contributed by atoms with E-state index in [9.17, 15) is 0 Å². The largest absolute Gasteiger partial charge is 0.496 e. The van der Waals surface area contributed by atoms with Crippen molar-refractivity contribution in [3.63, 3.8) is 0 Å². The second kappa shape index (κ2) is 5.69. The van der Waals surface area contributed by atoms with Gasteiger partial charge in [-0.2, -0.15) is 0 Å². The van der Waals surface area contributed by atoms with Crippen molar-refractivity contribution in [2.75, 3.05) is 20.3 Å². The summed E-state index contributed by atoms with van der Waals surface area (Å²) < 4.78 is 11.2. The summed E-state index contributed by atoms with van der Waals surface area (Å²) in [6.45, 7) is 3.78. The topological polar surface area (TPSA) is 30.5 Å². The fourth-order valence-electron chi connectivity index (χ4n) is 2.63. The molecule has 0 saturated heterocycles. The summed E-state index contributed by atoms with van der Waals surface area (Å²) in [6, 6.07) is 0.412. The summed E-state index contributed by atoms with van der Waals surface area (Å²) in [5.41, 5.74) is 0. The van der Waals surface area contributed by atoms with Crippen molar-refractivity contribution in [2.24, 2.45) is 5.92 Å². The molecule has 0 spiro atoms. The minimum Gasteiger partial charge on any atom is -0.496 e. The molecule has 1 aliphatic carbocycles. The maximum Gasteiger partial charge on any atom is 0.109 e. The summed E-state index contributed by atoms with van der Waals surface area (Å²) in [4.78, 5) is 0. The van der Waals surface area contributed by atoms with Gasteiger partial charge in [-0.25, -0.2) is 0 Å². The maximum atomic E-state index is 5.62. The molecule has 2 aliphatic rings. The van der Waals surface area contributed by atoms with Gasteiger partial charge in [-0.1, -0.05) is 0 Å². The second-order valence-corrected chi connectivity index (χ2v) is 4.74. The van der Waals surface area contributed by atoms with Crippen molar-refractivity contribution < 1.29 is 9.47 Å². The summed E-state index contributed by atoms with van der Waals surface area (Å²) in [5, 5.41) is 3.36. The molecule has 1 aliphatic heterocycles. The zero-order valence-corrected chi connectivity index (χ0v) is 10.4. The molecular weight excluding hydrogens is 202 g/mol. The fourth-order valence-corrected chi connectivity index (χ4v) is 2.63. The van der Waals surface area contributed by atoms with Crippen molar-refractivity contribution in [2.45, 2.75) is 44.8 Å². The van der Waals surface area contributed by atoms with Crippen LogP contribution in [0.5, 0.6) is 0 Å². The first-order chi connectivity index (χ1) is 7.83. The van der Waals surface area contributed by atoms with E-state index < -0.39 is 0 Å². The molecule has 0 bridgehead atoms. The predicted octanol–water partition coefficient (Wildman–Crippen LogP) is 2.08. The summed E-state index contributed by atoms with van der Waals surface area (Å²) in [7, 11) is 2.02. The van der Waals surface area contributed by atoms with Gasteiger partial charge in [0, 0.05) is 13.0 Å². The third-order valence-corrected chi connectivity index (χ3v) is 3.59. The van der Waals surface area contributed by atoms with Crippen molar-refractivity contribution in [1.29, 1.82) is 0 Å². The molecule has 1 saturated carbocycles. The summed E-state index contributed by atoms with van der Waals surface area (Å²) in [5.74, 6) is 1.96. The van der Waals surface area contributed by atoms with Gasteiger partial charge < -0.3 is 14.8 Å². The normalized spacial score (nSPS) is 30.5.